The van der Waals surface area contributed by atoms with Crippen LogP contribution in [-0.2, 0) is 32.1 Å². The van der Waals surface area contributed by atoms with Crippen LogP contribution in [-0.4, -0.2) is 46.5 Å². The van der Waals surface area contributed by atoms with Gasteiger partial charge in [0.25, 0.3) is 0 Å². The van der Waals surface area contributed by atoms with Crippen LogP contribution in [0.2, 0.25) is 0 Å². The van der Waals surface area contributed by atoms with E-state index in [2.05, 4.69) is 10.3 Å². The summed E-state index contributed by atoms with van der Waals surface area (Å²) in [6.45, 7) is 5.47. The fourth-order valence-electron chi connectivity index (χ4n) is 3.39. The van der Waals surface area contributed by atoms with Crippen LogP contribution in [0.3, 0.4) is 0 Å². The first kappa shape index (κ1) is 22.3. The van der Waals surface area contributed by atoms with Gasteiger partial charge in [0.15, 0.2) is 0 Å². The summed E-state index contributed by atoms with van der Waals surface area (Å²) in [7, 11) is 1.59. The molecule has 2 aromatic rings. The third-order valence-corrected chi connectivity index (χ3v) is 4.84. The van der Waals surface area contributed by atoms with Gasteiger partial charge in [-0.3, -0.25) is 10.1 Å². The van der Waals surface area contributed by atoms with Gasteiger partial charge in [0.05, 0.1) is 5.92 Å². The van der Waals surface area contributed by atoms with Crippen molar-refractivity contribution >= 4 is 23.8 Å². The molecule has 0 spiro atoms. The van der Waals surface area contributed by atoms with E-state index in [-0.39, 0.29) is 12.5 Å². The molecule has 1 aromatic carbocycles. The van der Waals surface area contributed by atoms with Gasteiger partial charge in [-0.1, -0.05) is 30.3 Å². The molecule has 2 heterocycles. The molecule has 0 aliphatic carbocycles. The van der Waals surface area contributed by atoms with Crippen LogP contribution in [0, 0.1) is 5.92 Å². The number of benzene rings is 1. The van der Waals surface area contributed by atoms with E-state index in [1.807, 2.05) is 30.3 Å². The molecule has 8 heteroatoms. The predicted molar refractivity (Wildman–Crippen MR) is 114 cm³/mol. The summed E-state index contributed by atoms with van der Waals surface area (Å²) in [5.41, 5.74) is 1.03. The van der Waals surface area contributed by atoms with Crippen LogP contribution < -0.4 is 5.32 Å². The minimum atomic E-state index is -0.647. The molecule has 1 fully saturated rings. The van der Waals surface area contributed by atoms with Crippen LogP contribution in [0.15, 0.2) is 48.7 Å². The lowest BCUT2D eigenvalue weighted by Gasteiger charge is -2.43. The average Bonchev–Trinajstić information content (AvgIpc) is 2.71. The third-order valence-electron chi connectivity index (χ3n) is 4.84. The van der Waals surface area contributed by atoms with Gasteiger partial charge < -0.3 is 14.4 Å². The first-order valence-corrected chi connectivity index (χ1v) is 10.1. The molecule has 0 radical (unpaired) electrons. The number of nitrogens with one attached hydrogen (secondary N) is 1. The van der Waals surface area contributed by atoms with E-state index in [4.69, 9.17) is 9.47 Å². The molecule has 2 atom stereocenters. The molecule has 0 unspecified atom stereocenters. The van der Waals surface area contributed by atoms with Crippen LogP contribution in [0.25, 0.3) is 0 Å². The highest BCUT2D eigenvalue weighted by Crippen LogP contribution is 2.30. The number of nitrogens with zero attached hydrogens (tertiary/aromatic N) is 2. The number of carbonyl (C=O) groups is 3. The molecule has 8 nitrogen and oxygen atoms in total. The first-order valence-electron chi connectivity index (χ1n) is 10.1. The number of hydrogen-bond acceptors (Lipinski definition) is 6. The second kappa shape index (κ2) is 9.16. The van der Waals surface area contributed by atoms with E-state index in [0.29, 0.717) is 12.2 Å². The highest BCUT2D eigenvalue weighted by molar-refractivity contribution is 5.97. The summed E-state index contributed by atoms with van der Waals surface area (Å²) in [6.07, 6.45) is 1.26. The van der Waals surface area contributed by atoms with Gasteiger partial charge in [0, 0.05) is 13.2 Å². The van der Waals surface area contributed by atoms with Gasteiger partial charge in [0.2, 0.25) is 5.91 Å². The summed E-state index contributed by atoms with van der Waals surface area (Å²) in [6, 6.07) is 12.1. The Labute approximate surface area is 181 Å². The van der Waals surface area contributed by atoms with Crippen molar-refractivity contribution in [3.8, 4) is 0 Å². The topological polar surface area (TPSA) is 97.8 Å². The molecule has 3 rings (SSSR count). The van der Waals surface area contributed by atoms with Crippen molar-refractivity contribution in [2.45, 2.75) is 45.4 Å². The van der Waals surface area contributed by atoms with Crippen molar-refractivity contribution in [3.63, 3.8) is 0 Å². The monoisotopic (exact) mass is 425 g/mol. The second-order valence-corrected chi connectivity index (χ2v) is 8.47. The molecule has 1 N–H and O–H groups in total. The molecule has 0 saturated carbocycles. The number of esters is 1. The number of ether oxygens (including phenoxy) is 2. The van der Waals surface area contributed by atoms with Crippen LogP contribution in [0.4, 0.5) is 10.6 Å². The Hall–Kier alpha value is -3.42. The highest BCUT2D eigenvalue weighted by atomic mass is 16.6. The molecule has 1 aliphatic rings. The lowest BCUT2D eigenvalue weighted by molar-refractivity contribution is -0.172. The zero-order valence-corrected chi connectivity index (χ0v) is 18.1. The van der Waals surface area contributed by atoms with Gasteiger partial charge >= 0.3 is 12.1 Å². The smallest absolute Gasteiger partial charge is 0.413 e. The molecule has 1 saturated heterocycles. The first-order chi connectivity index (χ1) is 14.6. The van der Waals surface area contributed by atoms with E-state index >= 15 is 0 Å². The third kappa shape index (κ3) is 5.81. The predicted octanol–water partition coefficient (Wildman–Crippen LogP) is 3.17. The van der Waals surface area contributed by atoms with Crippen molar-refractivity contribution in [2.24, 2.45) is 5.92 Å². The Bertz CT molecular complexity index is 955. The van der Waals surface area contributed by atoms with Crippen LogP contribution in [0.1, 0.15) is 31.9 Å². The zero-order valence-electron chi connectivity index (χ0n) is 18.1. The average molecular weight is 425 g/mol. The maximum atomic E-state index is 12.6. The minimum absolute atomic E-state index is 0.125. The Balaban J connectivity index is 1.62. The molecule has 2 amide bonds. The molecule has 1 aliphatic heterocycles. The van der Waals surface area contributed by atoms with Crippen molar-refractivity contribution in [2.75, 3.05) is 12.4 Å². The maximum Gasteiger partial charge on any atom is 0.413 e. The number of carbonyl (C=O) groups excluding carboxylic acids is 3. The molecular weight excluding hydrogens is 398 g/mol. The van der Waals surface area contributed by atoms with Crippen LogP contribution in [0.5, 0.6) is 0 Å². The maximum absolute atomic E-state index is 12.6. The van der Waals surface area contributed by atoms with Crippen molar-refractivity contribution in [1.29, 1.82) is 0 Å². The number of likely N-dealkylation sites (tertiary alicyclic amines) is 1. The Morgan fingerprint density at radius 3 is 2.52 bits per heavy atom. The fraction of sp³-hybridized carbons (Fsp3) is 0.391. The van der Waals surface area contributed by atoms with Gasteiger partial charge in [-0.2, -0.15) is 0 Å². The van der Waals surface area contributed by atoms with E-state index in [1.54, 1.807) is 40.0 Å². The van der Waals surface area contributed by atoms with E-state index in [1.165, 1.54) is 11.1 Å². The quantitative estimate of drug-likeness (QED) is 0.564. The molecule has 0 bridgehead atoms. The van der Waals surface area contributed by atoms with E-state index in [0.717, 1.165) is 11.1 Å². The fourth-order valence-corrected chi connectivity index (χ4v) is 3.39. The highest BCUT2D eigenvalue weighted by Gasteiger charge is 2.50. The van der Waals surface area contributed by atoms with Gasteiger partial charge in [-0.25, -0.2) is 14.6 Å². The largest absolute Gasteiger partial charge is 0.459 e. The molecule has 164 valence electrons. The Morgan fingerprint density at radius 2 is 1.84 bits per heavy atom. The summed E-state index contributed by atoms with van der Waals surface area (Å²) in [4.78, 5) is 42.5. The van der Waals surface area contributed by atoms with E-state index < -0.39 is 29.6 Å². The lowest BCUT2D eigenvalue weighted by atomic mass is 9.83. The molecule has 31 heavy (non-hydrogen) atoms. The van der Waals surface area contributed by atoms with E-state index in [9.17, 15) is 14.4 Å². The summed E-state index contributed by atoms with van der Waals surface area (Å²) in [5, 5.41) is 2.58. The van der Waals surface area contributed by atoms with Crippen molar-refractivity contribution in [1.82, 2.24) is 9.88 Å². The van der Waals surface area contributed by atoms with Gasteiger partial charge in [0.1, 0.15) is 24.1 Å². The number of β-lactam (4-membered cyclic amide) rings is 1. The molecular formula is C23H27N3O5. The second-order valence-electron chi connectivity index (χ2n) is 8.47. The lowest BCUT2D eigenvalue weighted by Crippen LogP contribution is -2.63. The normalized spacial score (nSPS) is 18.2. The summed E-state index contributed by atoms with van der Waals surface area (Å²) in [5.74, 6) is -0.766. The van der Waals surface area contributed by atoms with Crippen LogP contribution >= 0.6 is 0 Å². The number of amides is 2. The minimum Gasteiger partial charge on any atom is -0.459 e. The Kier molecular flexibility index (Phi) is 6.58. The SMILES string of the molecule is CN1C(=O)[C@H](Cc2ccnc(NC(=O)OC(C)(C)C)c2)[C@H]1C(=O)OCc1ccccc1. The van der Waals surface area contributed by atoms with Crippen molar-refractivity contribution < 1.29 is 23.9 Å². The summed E-state index contributed by atoms with van der Waals surface area (Å²) >= 11 is 0. The number of aromatic nitrogens is 1. The number of rotatable bonds is 6. The zero-order chi connectivity index (χ0) is 22.6. The number of likely N-dealkylation sites (N-methyl/N-ethyl adjacent to an activating group) is 1. The Morgan fingerprint density at radius 1 is 1.13 bits per heavy atom. The summed E-state index contributed by atoms with van der Waals surface area (Å²) < 4.78 is 10.6. The van der Waals surface area contributed by atoms with Crippen molar-refractivity contribution in [3.05, 3.63) is 59.8 Å². The number of anilines is 1. The van der Waals surface area contributed by atoms with Gasteiger partial charge in [-0.05, 0) is 50.5 Å². The standard InChI is InChI=1S/C23H27N3O5/c1-23(2,3)31-22(29)25-18-13-16(10-11-24-18)12-17-19(26(4)20(17)27)21(28)30-14-15-8-6-5-7-9-15/h5-11,13,17,19H,12,14H2,1-4H3,(H,24,25,29)/t17-,19+/m1/s1. The number of hydrogen-bond donors (Lipinski definition) is 1. The number of pyridine rings is 1. The molecule has 1 aromatic heterocycles. The van der Waals surface area contributed by atoms with Gasteiger partial charge in [-0.15, -0.1) is 0 Å².